The summed E-state index contributed by atoms with van der Waals surface area (Å²) in [4.78, 5) is 15.4. The second-order valence-corrected chi connectivity index (χ2v) is 3.60. The molecule has 17 heavy (non-hydrogen) atoms. The third-order valence-electron chi connectivity index (χ3n) is 2.26. The summed E-state index contributed by atoms with van der Waals surface area (Å²) in [6.07, 6.45) is 6.18. The van der Waals surface area contributed by atoms with Crippen LogP contribution in [0.1, 0.15) is 15.9 Å². The predicted molar refractivity (Wildman–Crippen MR) is 60.3 cm³/mol. The van der Waals surface area contributed by atoms with Crippen LogP contribution in [-0.4, -0.2) is 25.8 Å². The molecule has 0 saturated carbocycles. The summed E-state index contributed by atoms with van der Waals surface area (Å²) in [6, 6.07) is 1.47. The van der Waals surface area contributed by atoms with Crippen molar-refractivity contribution in [2.24, 2.45) is 7.05 Å². The number of pyridine rings is 1. The Kier molecular flexibility index (Phi) is 3.04. The van der Waals surface area contributed by atoms with Gasteiger partial charge in [-0.3, -0.25) is 14.5 Å². The van der Waals surface area contributed by atoms with Gasteiger partial charge in [0.15, 0.2) is 0 Å². The molecule has 6 heteroatoms. The predicted octanol–water partition coefficient (Wildman–Crippen LogP) is 0.451. The molecule has 2 heterocycles. The van der Waals surface area contributed by atoms with Gasteiger partial charge < -0.3 is 10.4 Å². The Balaban J connectivity index is 2.01. The van der Waals surface area contributed by atoms with E-state index in [0.717, 1.165) is 5.56 Å². The number of aromatic nitrogens is 3. The van der Waals surface area contributed by atoms with Crippen LogP contribution in [0.2, 0.25) is 0 Å². The first-order valence-corrected chi connectivity index (χ1v) is 5.05. The maximum atomic E-state index is 11.7. The number of hydrogen-bond donors (Lipinski definition) is 2. The number of amides is 1. The van der Waals surface area contributed by atoms with E-state index in [2.05, 4.69) is 15.4 Å². The van der Waals surface area contributed by atoms with Crippen LogP contribution in [0.5, 0.6) is 5.75 Å². The summed E-state index contributed by atoms with van der Waals surface area (Å²) in [5, 5.41) is 16.1. The molecule has 0 aliphatic carbocycles. The fourth-order valence-corrected chi connectivity index (χ4v) is 1.42. The normalized spacial score (nSPS) is 10.2. The van der Waals surface area contributed by atoms with Gasteiger partial charge >= 0.3 is 0 Å². The van der Waals surface area contributed by atoms with Crippen molar-refractivity contribution < 1.29 is 9.90 Å². The highest BCUT2D eigenvalue weighted by Gasteiger charge is 2.10. The second kappa shape index (κ2) is 4.65. The zero-order chi connectivity index (χ0) is 12.3. The van der Waals surface area contributed by atoms with Gasteiger partial charge in [0.1, 0.15) is 5.75 Å². The molecular formula is C11H12N4O2. The molecule has 0 bridgehead atoms. The molecule has 2 rings (SSSR count). The Morgan fingerprint density at radius 2 is 2.35 bits per heavy atom. The average Bonchev–Trinajstić information content (AvgIpc) is 2.73. The maximum Gasteiger partial charge on any atom is 0.255 e. The van der Waals surface area contributed by atoms with E-state index < -0.39 is 0 Å². The molecular weight excluding hydrogens is 220 g/mol. The van der Waals surface area contributed by atoms with Crippen LogP contribution in [0.3, 0.4) is 0 Å². The van der Waals surface area contributed by atoms with Gasteiger partial charge in [-0.15, -0.1) is 0 Å². The molecule has 2 aromatic rings. The smallest absolute Gasteiger partial charge is 0.255 e. The average molecular weight is 232 g/mol. The first-order valence-electron chi connectivity index (χ1n) is 5.05. The lowest BCUT2D eigenvalue weighted by molar-refractivity contribution is 0.0948. The van der Waals surface area contributed by atoms with Crippen molar-refractivity contribution in [3.8, 4) is 5.75 Å². The molecule has 0 saturated heterocycles. The van der Waals surface area contributed by atoms with Gasteiger partial charge in [-0.05, 0) is 6.07 Å². The lowest BCUT2D eigenvalue weighted by atomic mass is 10.2. The minimum absolute atomic E-state index is 0.129. The van der Waals surface area contributed by atoms with Crippen LogP contribution in [0.15, 0.2) is 30.9 Å². The molecule has 0 fully saturated rings. The van der Waals surface area contributed by atoms with Crippen molar-refractivity contribution >= 4 is 5.91 Å². The lowest BCUT2D eigenvalue weighted by Crippen LogP contribution is -2.22. The zero-order valence-electron chi connectivity index (χ0n) is 9.29. The molecule has 0 unspecified atom stereocenters. The van der Waals surface area contributed by atoms with Crippen molar-refractivity contribution in [1.82, 2.24) is 20.1 Å². The van der Waals surface area contributed by atoms with Crippen molar-refractivity contribution in [1.29, 1.82) is 0 Å². The standard InChI is InChI=1S/C11H12N4O2/c1-15-7-8(5-14-15)4-13-11(17)9-2-3-12-6-10(9)16/h2-3,5-7,16H,4H2,1H3,(H,13,17). The summed E-state index contributed by atoms with van der Waals surface area (Å²) in [5.74, 6) is -0.468. The van der Waals surface area contributed by atoms with E-state index in [9.17, 15) is 9.90 Å². The topological polar surface area (TPSA) is 80.0 Å². The summed E-state index contributed by atoms with van der Waals surface area (Å²) in [5.41, 5.74) is 1.11. The van der Waals surface area contributed by atoms with E-state index in [1.807, 2.05) is 6.20 Å². The number of hydrogen-bond acceptors (Lipinski definition) is 4. The molecule has 6 nitrogen and oxygen atoms in total. The Labute approximate surface area is 97.9 Å². The molecule has 0 aliphatic heterocycles. The number of aryl methyl sites for hydroxylation is 1. The van der Waals surface area contributed by atoms with Crippen molar-refractivity contribution in [2.45, 2.75) is 6.54 Å². The van der Waals surface area contributed by atoms with Crippen molar-refractivity contribution in [3.63, 3.8) is 0 Å². The van der Waals surface area contributed by atoms with E-state index in [4.69, 9.17) is 0 Å². The fraction of sp³-hybridized carbons (Fsp3) is 0.182. The summed E-state index contributed by atoms with van der Waals surface area (Å²) >= 11 is 0. The molecule has 0 aromatic carbocycles. The quantitative estimate of drug-likeness (QED) is 0.805. The van der Waals surface area contributed by atoms with E-state index >= 15 is 0 Å². The fourth-order valence-electron chi connectivity index (χ4n) is 1.42. The minimum atomic E-state index is -0.339. The van der Waals surface area contributed by atoms with E-state index in [1.165, 1.54) is 18.5 Å². The summed E-state index contributed by atoms with van der Waals surface area (Å²) in [6.45, 7) is 0.369. The molecule has 0 radical (unpaired) electrons. The van der Waals surface area contributed by atoms with E-state index in [0.29, 0.717) is 6.54 Å². The molecule has 88 valence electrons. The first kappa shape index (κ1) is 11.1. The molecule has 2 N–H and O–H groups in total. The minimum Gasteiger partial charge on any atom is -0.505 e. The van der Waals surface area contributed by atoms with Crippen LogP contribution >= 0.6 is 0 Å². The van der Waals surface area contributed by atoms with Crippen LogP contribution in [0.25, 0.3) is 0 Å². The maximum absolute atomic E-state index is 11.7. The number of carbonyl (C=O) groups excluding carboxylic acids is 1. The van der Waals surface area contributed by atoms with Crippen LogP contribution in [0.4, 0.5) is 0 Å². The summed E-state index contributed by atoms with van der Waals surface area (Å²) < 4.78 is 1.66. The molecule has 0 aliphatic rings. The molecule has 1 amide bonds. The zero-order valence-corrected chi connectivity index (χ0v) is 9.29. The highest BCUT2D eigenvalue weighted by molar-refractivity contribution is 5.96. The SMILES string of the molecule is Cn1cc(CNC(=O)c2ccncc2O)cn1. The summed E-state index contributed by atoms with van der Waals surface area (Å²) in [7, 11) is 1.81. The van der Waals surface area contributed by atoms with E-state index in [1.54, 1.807) is 17.9 Å². The second-order valence-electron chi connectivity index (χ2n) is 3.60. The van der Waals surface area contributed by atoms with Gasteiger partial charge in [0.25, 0.3) is 5.91 Å². The first-order chi connectivity index (χ1) is 8.16. The largest absolute Gasteiger partial charge is 0.505 e. The monoisotopic (exact) mass is 232 g/mol. The molecule has 0 atom stereocenters. The van der Waals surface area contributed by atoms with Gasteiger partial charge in [-0.1, -0.05) is 0 Å². The third-order valence-corrected chi connectivity index (χ3v) is 2.26. The van der Waals surface area contributed by atoms with Crippen molar-refractivity contribution in [2.75, 3.05) is 0 Å². The van der Waals surface area contributed by atoms with Gasteiger partial charge in [0.2, 0.25) is 0 Å². The van der Waals surface area contributed by atoms with E-state index in [-0.39, 0.29) is 17.2 Å². The van der Waals surface area contributed by atoms with Crippen LogP contribution < -0.4 is 5.32 Å². The van der Waals surface area contributed by atoms with Crippen molar-refractivity contribution in [3.05, 3.63) is 42.0 Å². The van der Waals surface area contributed by atoms with Gasteiger partial charge in [0.05, 0.1) is 18.0 Å². The number of nitrogens with zero attached hydrogens (tertiary/aromatic N) is 3. The highest BCUT2D eigenvalue weighted by Crippen LogP contribution is 2.13. The third kappa shape index (κ3) is 2.60. The highest BCUT2D eigenvalue weighted by atomic mass is 16.3. The molecule has 2 aromatic heterocycles. The Bertz CT molecular complexity index is 536. The van der Waals surface area contributed by atoms with Gasteiger partial charge in [0, 0.05) is 31.5 Å². The number of nitrogens with one attached hydrogen (secondary N) is 1. The van der Waals surface area contributed by atoms with Crippen LogP contribution in [0, 0.1) is 0 Å². The Morgan fingerprint density at radius 3 is 3.00 bits per heavy atom. The number of rotatable bonds is 3. The molecule has 0 spiro atoms. The number of carbonyl (C=O) groups is 1. The Hall–Kier alpha value is -2.37. The number of aromatic hydroxyl groups is 1. The van der Waals surface area contributed by atoms with Gasteiger partial charge in [-0.2, -0.15) is 5.10 Å². The Morgan fingerprint density at radius 1 is 1.53 bits per heavy atom. The lowest BCUT2D eigenvalue weighted by Gasteiger charge is -2.04. The van der Waals surface area contributed by atoms with Gasteiger partial charge in [-0.25, -0.2) is 0 Å². The van der Waals surface area contributed by atoms with Crippen LogP contribution in [-0.2, 0) is 13.6 Å².